The molecule has 0 unspecified atom stereocenters. The lowest BCUT2D eigenvalue weighted by Gasteiger charge is -2.14. The molecule has 0 aliphatic rings. The highest BCUT2D eigenvalue weighted by atomic mass is 35.5. The fourth-order valence-corrected chi connectivity index (χ4v) is 1.76. The third-order valence-electron chi connectivity index (χ3n) is 1.86. The van der Waals surface area contributed by atoms with Gasteiger partial charge in [-0.15, -0.1) is 0 Å². The zero-order chi connectivity index (χ0) is 11.4. The molecule has 0 spiro atoms. The van der Waals surface area contributed by atoms with E-state index in [-0.39, 0.29) is 0 Å². The van der Waals surface area contributed by atoms with E-state index in [1.54, 1.807) is 0 Å². The van der Waals surface area contributed by atoms with E-state index in [1.807, 2.05) is 39.0 Å². The number of halogens is 1. The molecule has 0 fully saturated rings. The fourth-order valence-electron chi connectivity index (χ4n) is 1.19. The maximum atomic E-state index is 5.86. The molecule has 1 aromatic rings. The van der Waals surface area contributed by atoms with Crippen LogP contribution in [0.1, 0.15) is 19.4 Å². The normalized spacial score (nSPS) is 10.2. The second kappa shape index (κ2) is 5.33. The van der Waals surface area contributed by atoms with Crippen LogP contribution in [0.2, 0.25) is 5.02 Å². The molecular formula is C11H15ClN2S. The summed E-state index contributed by atoms with van der Waals surface area (Å²) < 4.78 is 0. The van der Waals surface area contributed by atoms with Crippen molar-refractivity contribution in [2.24, 2.45) is 0 Å². The first kappa shape index (κ1) is 12.3. The molecule has 0 bridgehead atoms. The molecule has 2 nitrogen and oxygen atoms in total. The summed E-state index contributed by atoms with van der Waals surface area (Å²) >= 11 is 11.0. The largest absolute Gasteiger partial charge is 0.360 e. The van der Waals surface area contributed by atoms with Gasteiger partial charge < -0.3 is 10.6 Å². The Balaban J connectivity index is 2.68. The van der Waals surface area contributed by atoms with Gasteiger partial charge in [0.2, 0.25) is 0 Å². The van der Waals surface area contributed by atoms with Crippen LogP contribution >= 0.6 is 23.8 Å². The second-order valence-corrected chi connectivity index (χ2v) is 4.56. The van der Waals surface area contributed by atoms with Gasteiger partial charge in [0.25, 0.3) is 0 Å². The van der Waals surface area contributed by atoms with Crippen LogP contribution in [0.3, 0.4) is 0 Å². The molecule has 0 radical (unpaired) electrons. The lowest BCUT2D eigenvalue weighted by atomic mass is 10.2. The molecule has 1 rings (SSSR count). The van der Waals surface area contributed by atoms with Crippen LogP contribution in [0.15, 0.2) is 18.2 Å². The van der Waals surface area contributed by atoms with Gasteiger partial charge in [-0.05, 0) is 56.8 Å². The zero-order valence-electron chi connectivity index (χ0n) is 9.10. The van der Waals surface area contributed by atoms with Crippen molar-refractivity contribution in [3.05, 3.63) is 28.8 Å². The molecule has 15 heavy (non-hydrogen) atoms. The predicted molar refractivity (Wildman–Crippen MR) is 70.7 cm³/mol. The average molecular weight is 243 g/mol. The summed E-state index contributed by atoms with van der Waals surface area (Å²) in [5.74, 6) is 0. The van der Waals surface area contributed by atoms with Gasteiger partial charge in [-0.2, -0.15) is 0 Å². The van der Waals surface area contributed by atoms with E-state index >= 15 is 0 Å². The Morgan fingerprint density at radius 2 is 2.07 bits per heavy atom. The summed E-state index contributed by atoms with van der Waals surface area (Å²) in [6.45, 7) is 6.08. The maximum absolute atomic E-state index is 5.86. The highest BCUT2D eigenvalue weighted by Gasteiger charge is 2.02. The van der Waals surface area contributed by atoms with E-state index < -0.39 is 0 Å². The fraction of sp³-hybridized carbons (Fsp3) is 0.364. The molecule has 0 aliphatic carbocycles. The van der Waals surface area contributed by atoms with Crippen LogP contribution in [-0.4, -0.2) is 11.2 Å². The summed E-state index contributed by atoms with van der Waals surface area (Å²) in [6, 6.07) is 6.00. The highest BCUT2D eigenvalue weighted by molar-refractivity contribution is 7.80. The molecule has 0 amide bonds. The molecular weight excluding hydrogens is 228 g/mol. The third-order valence-corrected chi connectivity index (χ3v) is 2.31. The van der Waals surface area contributed by atoms with Crippen molar-refractivity contribution in [1.82, 2.24) is 5.32 Å². The summed E-state index contributed by atoms with van der Waals surface area (Å²) in [4.78, 5) is 0. The predicted octanol–water partition coefficient (Wildman–Crippen LogP) is 3.34. The molecule has 0 heterocycles. The van der Waals surface area contributed by atoms with Crippen molar-refractivity contribution in [2.45, 2.75) is 26.8 Å². The molecule has 4 heteroatoms. The Labute approximate surface area is 101 Å². The number of hydrogen-bond donors (Lipinski definition) is 2. The minimum absolute atomic E-state index is 0.331. The molecule has 2 N–H and O–H groups in total. The number of hydrogen-bond acceptors (Lipinski definition) is 1. The van der Waals surface area contributed by atoms with Crippen LogP contribution in [0, 0.1) is 6.92 Å². The number of anilines is 1. The molecule has 0 atom stereocenters. The van der Waals surface area contributed by atoms with E-state index in [0.29, 0.717) is 11.2 Å². The summed E-state index contributed by atoms with van der Waals surface area (Å²) in [5.41, 5.74) is 2.06. The van der Waals surface area contributed by atoms with Crippen molar-refractivity contribution < 1.29 is 0 Å². The van der Waals surface area contributed by atoms with Gasteiger partial charge in [-0.3, -0.25) is 0 Å². The van der Waals surface area contributed by atoms with Crippen LogP contribution in [0.5, 0.6) is 0 Å². The Morgan fingerprint density at radius 1 is 1.40 bits per heavy atom. The number of thiocarbonyl (C=S) groups is 1. The lowest BCUT2D eigenvalue weighted by Crippen LogP contribution is -2.34. The van der Waals surface area contributed by atoms with E-state index in [9.17, 15) is 0 Å². The average Bonchev–Trinajstić information content (AvgIpc) is 2.08. The minimum atomic E-state index is 0.331. The van der Waals surface area contributed by atoms with Crippen LogP contribution in [0.4, 0.5) is 5.69 Å². The Morgan fingerprint density at radius 3 is 2.60 bits per heavy atom. The lowest BCUT2D eigenvalue weighted by molar-refractivity contribution is 0.739. The van der Waals surface area contributed by atoms with Crippen molar-refractivity contribution in [3.8, 4) is 0 Å². The number of rotatable bonds is 2. The standard InChI is InChI=1S/C11H15ClN2S/c1-7(2)13-11(15)14-10-5-4-9(12)6-8(10)3/h4-7H,1-3H3,(H2,13,14,15). The quantitative estimate of drug-likeness (QED) is 0.778. The topological polar surface area (TPSA) is 24.1 Å². The Hall–Kier alpha value is -0.800. The van der Waals surface area contributed by atoms with Gasteiger partial charge in [-0.1, -0.05) is 11.6 Å². The Kier molecular flexibility index (Phi) is 4.36. The molecule has 82 valence electrons. The number of aryl methyl sites for hydroxylation is 1. The van der Waals surface area contributed by atoms with E-state index in [4.69, 9.17) is 23.8 Å². The van der Waals surface area contributed by atoms with Crippen molar-refractivity contribution >= 4 is 34.6 Å². The third kappa shape index (κ3) is 4.06. The summed E-state index contributed by atoms with van der Waals surface area (Å²) in [5, 5.41) is 7.62. The van der Waals surface area contributed by atoms with Crippen molar-refractivity contribution in [2.75, 3.05) is 5.32 Å². The number of nitrogens with one attached hydrogen (secondary N) is 2. The monoisotopic (exact) mass is 242 g/mol. The molecule has 0 aromatic heterocycles. The van der Waals surface area contributed by atoms with Crippen LogP contribution in [0.25, 0.3) is 0 Å². The Bertz CT molecular complexity index is 364. The van der Waals surface area contributed by atoms with Gasteiger partial charge >= 0.3 is 0 Å². The van der Waals surface area contributed by atoms with Crippen molar-refractivity contribution in [3.63, 3.8) is 0 Å². The van der Waals surface area contributed by atoms with Gasteiger partial charge in [0.15, 0.2) is 5.11 Å². The van der Waals surface area contributed by atoms with Crippen LogP contribution in [-0.2, 0) is 0 Å². The maximum Gasteiger partial charge on any atom is 0.170 e. The molecule has 0 saturated heterocycles. The van der Waals surface area contributed by atoms with E-state index in [1.165, 1.54) is 0 Å². The molecule has 0 aliphatic heterocycles. The minimum Gasteiger partial charge on any atom is -0.360 e. The number of benzene rings is 1. The van der Waals surface area contributed by atoms with Crippen LogP contribution < -0.4 is 10.6 Å². The van der Waals surface area contributed by atoms with E-state index in [2.05, 4.69) is 10.6 Å². The van der Waals surface area contributed by atoms with Gasteiger partial charge in [0, 0.05) is 16.8 Å². The second-order valence-electron chi connectivity index (χ2n) is 3.71. The van der Waals surface area contributed by atoms with E-state index in [0.717, 1.165) is 16.3 Å². The summed E-state index contributed by atoms with van der Waals surface area (Å²) in [7, 11) is 0. The molecule has 0 saturated carbocycles. The first-order valence-electron chi connectivity index (χ1n) is 4.82. The first-order chi connectivity index (χ1) is 6.99. The van der Waals surface area contributed by atoms with Crippen molar-refractivity contribution in [1.29, 1.82) is 0 Å². The van der Waals surface area contributed by atoms with Gasteiger partial charge in [0.1, 0.15) is 0 Å². The zero-order valence-corrected chi connectivity index (χ0v) is 10.7. The van der Waals surface area contributed by atoms with Gasteiger partial charge in [0.05, 0.1) is 0 Å². The summed E-state index contributed by atoms with van der Waals surface area (Å²) in [6.07, 6.45) is 0. The van der Waals surface area contributed by atoms with Gasteiger partial charge in [-0.25, -0.2) is 0 Å². The first-order valence-corrected chi connectivity index (χ1v) is 5.61. The molecule has 1 aromatic carbocycles. The smallest absolute Gasteiger partial charge is 0.170 e. The SMILES string of the molecule is Cc1cc(Cl)ccc1NC(=S)NC(C)C. The highest BCUT2D eigenvalue weighted by Crippen LogP contribution is 2.19.